The molecule has 1 aromatic rings. The molecule has 82 valence electrons. The van der Waals surface area contributed by atoms with E-state index >= 15 is 0 Å². The number of hydrogen-bond acceptors (Lipinski definition) is 3. The van der Waals surface area contributed by atoms with Gasteiger partial charge < -0.3 is 10.0 Å². The monoisotopic (exact) mass is 209 g/mol. The lowest BCUT2D eigenvalue weighted by molar-refractivity contribution is -0.0826. The van der Waals surface area contributed by atoms with E-state index < -0.39 is 5.60 Å². The normalized spacial score (nSPS) is 18.7. The number of β-amino-alcohol motifs (C(OH)–C–C–N with tert-alkyl or cyclic N) is 1. The summed E-state index contributed by atoms with van der Waals surface area (Å²) in [7, 11) is 1.77. The summed E-state index contributed by atoms with van der Waals surface area (Å²) in [5.41, 5.74) is -0.0895. The van der Waals surface area contributed by atoms with Crippen molar-refractivity contribution in [1.82, 2.24) is 14.7 Å². The van der Waals surface area contributed by atoms with E-state index in [1.54, 1.807) is 29.0 Å². The van der Waals surface area contributed by atoms with Crippen molar-refractivity contribution in [1.29, 1.82) is 0 Å². The van der Waals surface area contributed by atoms with E-state index in [9.17, 15) is 9.90 Å². The Labute approximate surface area is 88.3 Å². The van der Waals surface area contributed by atoms with Crippen LogP contribution in [0.3, 0.4) is 0 Å². The lowest BCUT2D eigenvalue weighted by atomic mass is 9.91. The van der Waals surface area contributed by atoms with Crippen LogP contribution < -0.4 is 0 Å². The van der Waals surface area contributed by atoms with Crippen molar-refractivity contribution in [3.63, 3.8) is 0 Å². The minimum atomic E-state index is -0.669. The zero-order valence-electron chi connectivity index (χ0n) is 8.97. The Morgan fingerprint density at radius 2 is 2.33 bits per heavy atom. The molecule has 5 nitrogen and oxygen atoms in total. The van der Waals surface area contributed by atoms with Gasteiger partial charge in [0.25, 0.3) is 5.91 Å². The van der Waals surface area contributed by atoms with Crippen LogP contribution in [0.4, 0.5) is 0 Å². The maximum absolute atomic E-state index is 11.8. The minimum Gasteiger partial charge on any atom is -0.386 e. The van der Waals surface area contributed by atoms with Crippen molar-refractivity contribution < 1.29 is 9.90 Å². The van der Waals surface area contributed by atoms with Gasteiger partial charge >= 0.3 is 0 Å². The van der Waals surface area contributed by atoms with Crippen LogP contribution >= 0.6 is 0 Å². The van der Waals surface area contributed by atoms with Crippen molar-refractivity contribution >= 4 is 5.91 Å². The Hall–Kier alpha value is -1.36. The highest BCUT2D eigenvalue weighted by atomic mass is 16.3. The third-order valence-corrected chi connectivity index (χ3v) is 2.87. The number of aryl methyl sites for hydroxylation is 1. The maximum Gasteiger partial charge on any atom is 0.257 e. The number of likely N-dealkylation sites (tertiary alicyclic amines) is 1. The quantitative estimate of drug-likeness (QED) is 0.747. The van der Waals surface area contributed by atoms with Crippen molar-refractivity contribution in [3.05, 3.63) is 18.0 Å². The van der Waals surface area contributed by atoms with Gasteiger partial charge in [0.2, 0.25) is 0 Å². The average Bonchev–Trinajstić information content (AvgIpc) is 2.59. The second kappa shape index (κ2) is 3.34. The number of aromatic nitrogens is 2. The second-order valence-corrected chi connectivity index (χ2v) is 4.14. The summed E-state index contributed by atoms with van der Waals surface area (Å²) >= 11 is 0. The molecule has 15 heavy (non-hydrogen) atoms. The van der Waals surface area contributed by atoms with Gasteiger partial charge in [0.1, 0.15) is 0 Å². The molecule has 0 bridgehead atoms. The number of rotatable bonds is 2. The van der Waals surface area contributed by atoms with Crippen LogP contribution in [0.5, 0.6) is 0 Å². The molecule has 0 atom stereocenters. The van der Waals surface area contributed by atoms with E-state index in [1.165, 1.54) is 0 Å². The van der Waals surface area contributed by atoms with Gasteiger partial charge in [-0.3, -0.25) is 9.48 Å². The molecule has 1 amide bonds. The van der Waals surface area contributed by atoms with Crippen molar-refractivity contribution in [2.45, 2.75) is 18.9 Å². The summed E-state index contributed by atoms with van der Waals surface area (Å²) in [6.45, 7) is 2.78. The summed E-state index contributed by atoms with van der Waals surface area (Å²) in [5.74, 6) is -0.0544. The molecule has 1 N–H and O–H groups in total. The molecule has 2 rings (SSSR count). The Morgan fingerprint density at radius 1 is 1.67 bits per heavy atom. The van der Waals surface area contributed by atoms with Gasteiger partial charge in [-0.1, -0.05) is 6.92 Å². The Bertz CT molecular complexity index is 380. The molecule has 0 aromatic carbocycles. The lowest BCUT2D eigenvalue weighted by Crippen LogP contribution is -2.63. The first-order chi connectivity index (χ1) is 7.04. The molecular formula is C10H15N3O2. The highest BCUT2D eigenvalue weighted by Crippen LogP contribution is 2.25. The van der Waals surface area contributed by atoms with Gasteiger partial charge in [0, 0.05) is 13.2 Å². The van der Waals surface area contributed by atoms with E-state index in [4.69, 9.17) is 0 Å². The molecule has 1 aliphatic heterocycles. The van der Waals surface area contributed by atoms with Crippen LogP contribution in [0.15, 0.2) is 12.4 Å². The van der Waals surface area contributed by atoms with E-state index in [0.29, 0.717) is 25.1 Å². The molecule has 1 saturated heterocycles. The van der Waals surface area contributed by atoms with Gasteiger partial charge in [-0.2, -0.15) is 5.10 Å². The molecule has 0 unspecified atom stereocenters. The second-order valence-electron chi connectivity index (χ2n) is 4.14. The Kier molecular flexibility index (Phi) is 2.26. The number of nitrogens with zero attached hydrogens (tertiary/aromatic N) is 3. The topological polar surface area (TPSA) is 58.4 Å². The number of amides is 1. The summed E-state index contributed by atoms with van der Waals surface area (Å²) in [6.07, 6.45) is 3.92. The molecule has 0 radical (unpaired) electrons. The first kappa shape index (κ1) is 10.2. The minimum absolute atomic E-state index is 0.0544. The highest BCUT2D eigenvalue weighted by molar-refractivity contribution is 5.94. The molecule has 0 aliphatic carbocycles. The van der Waals surface area contributed by atoms with Crippen molar-refractivity contribution in [2.75, 3.05) is 13.1 Å². The van der Waals surface area contributed by atoms with Gasteiger partial charge in [0.15, 0.2) is 0 Å². The van der Waals surface area contributed by atoms with Crippen LogP contribution in [-0.4, -0.2) is 44.4 Å². The van der Waals surface area contributed by atoms with E-state index in [1.807, 2.05) is 6.92 Å². The van der Waals surface area contributed by atoms with Gasteiger partial charge in [-0.05, 0) is 6.42 Å². The lowest BCUT2D eigenvalue weighted by Gasteiger charge is -2.45. The number of carbonyl (C=O) groups excluding carboxylic acids is 1. The zero-order chi connectivity index (χ0) is 11.1. The van der Waals surface area contributed by atoms with Crippen LogP contribution in [-0.2, 0) is 7.05 Å². The van der Waals surface area contributed by atoms with E-state index in [2.05, 4.69) is 5.10 Å². The van der Waals surface area contributed by atoms with Gasteiger partial charge in [0.05, 0.1) is 30.5 Å². The Balaban J connectivity index is 2.00. The summed E-state index contributed by atoms with van der Waals surface area (Å²) in [5, 5.41) is 13.7. The third kappa shape index (κ3) is 1.74. The molecule has 1 aromatic heterocycles. The zero-order valence-corrected chi connectivity index (χ0v) is 8.97. The fourth-order valence-electron chi connectivity index (χ4n) is 1.75. The predicted octanol–water partition coefficient (Wildman–Crippen LogP) is 0.0170. The maximum atomic E-state index is 11.8. The molecule has 0 spiro atoms. The molecular weight excluding hydrogens is 194 g/mol. The molecule has 2 heterocycles. The SMILES string of the molecule is CCC1(O)CN(C(=O)c2cnn(C)c2)C1. The summed E-state index contributed by atoms with van der Waals surface area (Å²) in [6, 6.07) is 0. The number of hydrogen-bond donors (Lipinski definition) is 1. The van der Waals surface area contributed by atoms with Crippen molar-refractivity contribution in [3.8, 4) is 0 Å². The standard InChI is InChI=1S/C10H15N3O2/c1-3-10(15)6-13(7-10)9(14)8-4-11-12(2)5-8/h4-5,15H,3,6-7H2,1-2H3. The Morgan fingerprint density at radius 3 is 2.80 bits per heavy atom. The third-order valence-electron chi connectivity index (χ3n) is 2.87. The van der Waals surface area contributed by atoms with Gasteiger partial charge in [-0.25, -0.2) is 0 Å². The van der Waals surface area contributed by atoms with Crippen LogP contribution in [0.2, 0.25) is 0 Å². The van der Waals surface area contributed by atoms with E-state index in [-0.39, 0.29) is 5.91 Å². The number of carbonyl (C=O) groups is 1. The fraction of sp³-hybridized carbons (Fsp3) is 0.600. The first-order valence-electron chi connectivity index (χ1n) is 5.04. The van der Waals surface area contributed by atoms with Gasteiger partial charge in [-0.15, -0.1) is 0 Å². The van der Waals surface area contributed by atoms with Crippen LogP contribution in [0.1, 0.15) is 23.7 Å². The molecule has 5 heteroatoms. The van der Waals surface area contributed by atoms with E-state index in [0.717, 1.165) is 0 Å². The van der Waals surface area contributed by atoms with Crippen LogP contribution in [0.25, 0.3) is 0 Å². The molecule has 1 aliphatic rings. The first-order valence-corrected chi connectivity index (χ1v) is 5.04. The number of aliphatic hydroxyl groups is 1. The average molecular weight is 209 g/mol. The molecule has 1 fully saturated rings. The highest BCUT2D eigenvalue weighted by Gasteiger charge is 2.42. The van der Waals surface area contributed by atoms with Crippen molar-refractivity contribution in [2.24, 2.45) is 7.05 Å². The van der Waals surface area contributed by atoms with Crippen LogP contribution in [0, 0.1) is 0 Å². The smallest absolute Gasteiger partial charge is 0.257 e. The largest absolute Gasteiger partial charge is 0.386 e. The summed E-state index contributed by atoms with van der Waals surface area (Å²) < 4.78 is 1.60. The summed E-state index contributed by atoms with van der Waals surface area (Å²) in [4.78, 5) is 13.4. The predicted molar refractivity (Wildman–Crippen MR) is 54.4 cm³/mol. The fourth-order valence-corrected chi connectivity index (χ4v) is 1.75. The molecule has 0 saturated carbocycles.